The molecule has 25 heavy (non-hydrogen) atoms. The molecule has 0 bridgehead atoms. The van der Waals surface area contributed by atoms with Crippen LogP contribution in [0.4, 0.5) is 5.82 Å². The van der Waals surface area contributed by atoms with Crippen LogP contribution in [-0.2, 0) is 0 Å². The lowest BCUT2D eigenvalue weighted by Gasteiger charge is -2.22. The SMILES string of the molecule is Cc1cc(C(=O)N2CC[C@H](Oc3cccnc3N3CCCC3)C2)no1. The number of carbonyl (C=O) groups is 1. The average molecular weight is 342 g/mol. The summed E-state index contributed by atoms with van der Waals surface area (Å²) in [4.78, 5) is 21.0. The predicted molar refractivity (Wildman–Crippen MR) is 91.9 cm³/mol. The van der Waals surface area contributed by atoms with Gasteiger partial charge < -0.3 is 19.1 Å². The zero-order valence-electron chi connectivity index (χ0n) is 14.4. The summed E-state index contributed by atoms with van der Waals surface area (Å²) in [5, 5.41) is 3.81. The predicted octanol–water partition coefficient (Wildman–Crippen LogP) is 2.27. The minimum absolute atomic E-state index is 0.0255. The fourth-order valence-electron chi connectivity index (χ4n) is 3.46. The van der Waals surface area contributed by atoms with Gasteiger partial charge in [-0.2, -0.15) is 0 Å². The van der Waals surface area contributed by atoms with Crippen molar-refractivity contribution in [3.05, 3.63) is 35.9 Å². The van der Waals surface area contributed by atoms with Crippen molar-refractivity contribution in [2.75, 3.05) is 31.1 Å². The lowest BCUT2D eigenvalue weighted by molar-refractivity contribution is 0.0762. The minimum atomic E-state index is -0.103. The highest BCUT2D eigenvalue weighted by Gasteiger charge is 2.30. The van der Waals surface area contributed by atoms with E-state index in [4.69, 9.17) is 9.26 Å². The van der Waals surface area contributed by atoms with Gasteiger partial charge in [0.15, 0.2) is 17.3 Å². The monoisotopic (exact) mass is 342 g/mol. The van der Waals surface area contributed by atoms with Gasteiger partial charge in [0.05, 0.1) is 6.54 Å². The van der Waals surface area contributed by atoms with Crippen molar-refractivity contribution in [1.82, 2.24) is 15.0 Å². The van der Waals surface area contributed by atoms with Gasteiger partial charge in [-0.1, -0.05) is 5.16 Å². The molecule has 2 aromatic heterocycles. The molecule has 2 aliphatic heterocycles. The van der Waals surface area contributed by atoms with E-state index in [9.17, 15) is 4.79 Å². The molecule has 4 heterocycles. The highest BCUT2D eigenvalue weighted by molar-refractivity contribution is 5.92. The van der Waals surface area contributed by atoms with Crippen molar-refractivity contribution >= 4 is 11.7 Å². The molecule has 1 atom stereocenters. The van der Waals surface area contributed by atoms with E-state index in [0.29, 0.717) is 24.5 Å². The molecule has 7 nitrogen and oxygen atoms in total. The number of rotatable bonds is 4. The number of hydrogen-bond acceptors (Lipinski definition) is 6. The molecule has 4 rings (SSSR count). The van der Waals surface area contributed by atoms with E-state index in [0.717, 1.165) is 31.1 Å². The van der Waals surface area contributed by atoms with Crippen LogP contribution in [-0.4, -0.2) is 53.2 Å². The van der Waals surface area contributed by atoms with Crippen LogP contribution < -0.4 is 9.64 Å². The normalized spacial score (nSPS) is 20.3. The number of aromatic nitrogens is 2. The second-order valence-corrected chi connectivity index (χ2v) is 6.62. The number of pyridine rings is 1. The van der Waals surface area contributed by atoms with Crippen LogP contribution in [0.15, 0.2) is 28.9 Å². The number of amides is 1. The summed E-state index contributed by atoms with van der Waals surface area (Å²) >= 11 is 0. The van der Waals surface area contributed by atoms with Crippen molar-refractivity contribution in [3.8, 4) is 5.75 Å². The molecule has 0 radical (unpaired) electrons. The largest absolute Gasteiger partial charge is 0.485 e. The number of aryl methyl sites for hydroxylation is 1. The third-order valence-electron chi connectivity index (χ3n) is 4.73. The Hall–Kier alpha value is -2.57. The summed E-state index contributed by atoms with van der Waals surface area (Å²) in [6.45, 7) is 5.04. The van der Waals surface area contributed by atoms with Gasteiger partial charge >= 0.3 is 0 Å². The first kappa shape index (κ1) is 15.9. The Morgan fingerprint density at radius 3 is 2.92 bits per heavy atom. The molecule has 0 N–H and O–H groups in total. The Labute approximate surface area is 146 Å². The van der Waals surface area contributed by atoms with Crippen LogP contribution in [0.2, 0.25) is 0 Å². The van der Waals surface area contributed by atoms with E-state index in [1.807, 2.05) is 12.1 Å². The molecule has 0 aliphatic carbocycles. The quantitative estimate of drug-likeness (QED) is 0.849. The van der Waals surface area contributed by atoms with Gasteiger partial charge in [0.25, 0.3) is 5.91 Å². The fourth-order valence-corrected chi connectivity index (χ4v) is 3.46. The van der Waals surface area contributed by atoms with Crippen LogP contribution in [0.1, 0.15) is 35.5 Å². The maximum atomic E-state index is 12.5. The Kier molecular flexibility index (Phi) is 4.29. The van der Waals surface area contributed by atoms with E-state index in [1.54, 1.807) is 24.1 Å². The Morgan fingerprint density at radius 1 is 1.32 bits per heavy atom. The van der Waals surface area contributed by atoms with E-state index in [2.05, 4.69) is 15.0 Å². The summed E-state index contributed by atoms with van der Waals surface area (Å²) in [5.41, 5.74) is 0.359. The number of carbonyl (C=O) groups excluding carboxylic acids is 1. The molecule has 0 saturated carbocycles. The Bertz CT molecular complexity index is 754. The molecule has 0 aromatic carbocycles. The van der Waals surface area contributed by atoms with E-state index >= 15 is 0 Å². The first-order valence-electron chi connectivity index (χ1n) is 8.80. The fraction of sp³-hybridized carbons (Fsp3) is 0.500. The van der Waals surface area contributed by atoms with Crippen molar-refractivity contribution in [2.45, 2.75) is 32.3 Å². The number of likely N-dealkylation sites (tertiary alicyclic amines) is 1. The maximum absolute atomic E-state index is 12.5. The molecular formula is C18H22N4O3. The van der Waals surface area contributed by atoms with Gasteiger partial charge in [-0.05, 0) is 31.9 Å². The second kappa shape index (κ2) is 6.74. The topological polar surface area (TPSA) is 71.7 Å². The number of anilines is 1. The number of ether oxygens (including phenoxy) is 1. The van der Waals surface area contributed by atoms with E-state index < -0.39 is 0 Å². The van der Waals surface area contributed by atoms with Crippen molar-refractivity contribution in [3.63, 3.8) is 0 Å². The van der Waals surface area contributed by atoms with Gasteiger partial charge in [-0.25, -0.2) is 4.98 Å². The first-order valence-corrected chi connectivity index (χ1v) is 8.80. The van der Waals surface area contributed by atoms with Gasteiger partial charge in [0.1, 0.15) is 11.9 Å². The Balaban J connectivity index is 1.42. The molecular weight excluding hydrogens is 320 g/mol. The molecule has 132 valence electrons. The second-order valence-electron chi connectivity index (χ2n) is 6.62. The zero-order chi connectivity index (χ0) is 17.2. The summed E-state index contributed by atoms with van der Waals surface area (Å²) in [7, 11) is 0. The highest BCUT2D eigenvalue weighted by Crippen LogP contribution is 2.30. The van der Waals surface area contributed by atoms with Crippen LogP contribution in [0.3, 0.4) is 0 Å². The molecule has 0 spiro atoms. The van der Waals surface area contributed by atoms with Crippen molar-refractivity contribution in [1.29, 1.82) is 0 Å². The smallest absolute Gasteiger partial charge is 0.276 e. The highest BCUT2D eigenvalue weighted by atomic mass is 16.5. The summed E-state index contributed by atoms with van der Waals surface area (Å²) in [6.07, 6.45) is 4.97. The van der Waals surface area contributed by atoms with Gasteiger partial charge in [-0.15, -0.1) is 0 Å². The molecule has 2 aliphatic rings. The Morgan fingerprint density at radius 2 is 2.16 bits per heavy atom. The number of nitrogens with zero attached hydrogens (tertiary/aromatic N) is 4. The van der Waals surface area contributed by atoms with E-state index in [-0.39, 0.29) is 12.0 Å². The van der Waals surface area contributed by atoms with Gasteiger partial charge in [-0.3, -0.25) is 4.79 Å². The summed E-state index contributed by atoms with van der Waals surface area (Å²) in [5.74, 6) is 2.26. The molecule has 1 amide bonds. The molecule has 0 unspecified atom stereocenters. The first-order chi connectivity index (χ1) is 12.2. The molecule has 2 aromatic rings. The lowest BCUT2D eigenvalue weighted by Crippen LogP contribution is -2.31. The summed E-state index contributed by atoms with van der Waals surface area (Å²) < 4.78 is 11.2. The minimum Gasteiger partial charge on any atom is -0.485 e. The van der Waals surface area contributed by atoms with E-state index in [1.165, 1.54) is 12.8 Å². The van der Waals surface area contributed by atoms with Gasteiger partial charge in [0.2, 0.25) is 0 Å². The molecule has 2 saturated heterocycles. The average Bonchev–Trinajstić information content (AvgIpc) is 3.36. The van der Waals surface area contributed by atoms with Crippen LogP contribution in [0.5, 0.6) is 5.75 Å². The van der Waals surface area contributed by atoms with Crippen molar-refractivity contribution in [2.24, 2.45) is 0 Å². The van der Waals surface area contributed by atoms with Crippen LogP contribution in [0.25, 0.3) is 0 Å². The standard InChI is InChI=1S/C18H22N4O3/c1-13-11-15(20-25-13)18(23)22-10-6-14(12-22)24-16-5-4-7-19-17(16)21-8-2-3-9-21/h4-5,7,11,14H,2-3,6,8-10,12H2,1H3/t14-/m0/s1. The zero-order valence-corrected chi connectivity index (χ0v) is 14.4. The molecule has 2 fully saturated rings. The maximum Gasteiger partial charge on any atom is 0.276 e. The third kappa shape index (κ3) is 3.31. The molecule has 7 heteroatoms. The number of hydrogen-bond donors (Lipinski definition) is 0. The van der Waals surface area contributed by atoms with Crippen LogP contribution >= 0.6 is 0 Å². The third-order valence-corrected chi connectivity index (χ3v) is 4.73. The van der Waals surface area contributed by atoms with Gasteiger partial charge in [0, 0.05) is 38.3 Å². The van der Waals surface area contributed by atoms with Crippen LogP contribution in [0, 0.1) is 6.92 Å². The van der Waals surface area contributed by atoms with Crippen molar-refractivity contribution < 1.29 is 14.1 Å². The summed E-state index contributed by atoms with van der Waals surface area (Å²) in [6, 6.07) is 5.53. The lowest BCUT2D eigenvalue weighted by atomic mass is 10.3.